The van der Waals surface area contributed by atoms with Crippen molar-refractivity contribution in [3.63, 3.8) is 0 Å². The molecular weight excluding hydrogens is 493 g/mol. The first kappa shape index (κ1) is 21.1. The maximum atomic E-state index is 2.45. The molecule has 0 amide bonds. The minimum absolute atomic E-state index is 0.0506. The lowest BCUT2D eigenvalue weighted by Gasteiger charge is -2.28. The van der Waals surface area contributed by atoms with Gasteiger partial charge in [-0.3, -0.25) is 0 Å². The summed E-state index contributed by atoms with van der Waals surface area (Å²) in [5, 5.41) is 2.71. The second-order valence-electron chi connectivity index (χ2n) is 10.2. The Morgan fingerprint density at radius 2 is 1.25 bits per heavy atom. The van der Waals surface area contributed by atoms with Gasteiger partial charge >= 0.3 is 0 Å². The molecule has 1 aliphatic carbocycles. The SMILES string of the molecule is CC1(C)c2cc(-c3ccc4sc5ccccc5c4c3)ccc2-c2ccc3c(c21)Sc1ccccc1S3. The molecule has 5 aromatic carbocycles. The normalized spacial score (nSPS) is 14.9. The quantitative estimate of drug-likeness (QED) is 0.214. The van der Waals surface area contributed by atoms with Gasteiger partial charge in [0.2, 0.25) is 0 Å². The summed E-state index contributed by atoms with van der Waals surface area (Å²) < 4.78 is 2.71. The van der Waals surface area contributed by atoms with Crippen LogP contribution in [0.25, 0.3) is 42.4 Å². The lowest BCUT2D eigenvalue weighted by Crippen LogP contribution is -2.17. The molecule has 36 heavy (non-hydrogen) atoms. The van der Waals surface area contributed by atoms with E-state index >= 15 is 0 Å². The second-order valence-corrected chi connectivity index (χ2v) is 13.4. The molecular formula is C33H22S3. The van der Waals surface area contributed by atoms with Crippen LogP contribution in [0.1, 0.15) is 25.0 Å². The Labute approximate surface area is 223 Å². The highest BCUT2D eigenvalue weighted by Gasteiger charge is 2.39. The molecule has 0 fully saturated rings. The largest absolute Gasteiger partial charge is 0.135 e. The first-order chi connectivity index (χ1) is 17.6. The van der Waals surface area contributed by atoms with Crippen molar-refractivity contribution in [2.45, 2.75) is 38.8 Å². The Morgan fingerprint density at radius 1 is 0.556 bits per heavy atom. The standard InChI is InChI=1S/C33H22S3/c1-33(2)25-18-20(19-12-15-27-24(17-19)22-7-3-4-8-26(22)34-27)11-13-21(25)23-14-16-30-32(31(23)33)36-29-10-6-5-9-28(29)35-30/h3-18H,1-2H3. The fourth-order valence-electron chi connectivity index (χ4n) is 5.95. The van der Waals surface area contributed by atoms with Crippen molar-refractivity contribution in [3.8, 4) is 22.3 Å². The van der Waals surface area contributed by atoms with Crippen LogP contribution in [0, 0.1) is 0 Å². The molecule has 0 saturated heterocycles. The third-order valence-corrected chi connectivity index (χ3v) is 11.5. The minimum atomic E-state index is -0.0506. The van der Waals surface area contributed by atoms with E-state index in [9.17, 15) is 0 Å². The van der Waals surface area contributed by atoms with Crippen LogP contribution in [0.4, 0.5) is 0 Å². The van der Waals surface area contributed by atoms with Crippen LogP contribution in [0.15, 0.2) is 117 Å². The number of thiophene rings is 1. The molecule has 8 rings (SSSR count). The zero-order valence-electron chi connectivity index (χ0n) is 20.0. The fourth-order valence-corrected chi connectivity index (χ4v) is 9.59. The van der Waals surface area contributed by atoms with Gasteiger partial charge in [0, 0.05) is 45.2 Å². The van der Waals surface area contributed by atoms with Crippen LogP contribution in [0.2, 0.25) is 0 Å². The van der Waals surface area contributed by atoms with Gasteiger partial charge in [0.15, 0.2) is 0 Å². The van der Waals surface area contributed by atoms with E-state index in [1.165, 1.54) is 73.1 Å². The topological polar surface area (TPSA) is 0 Å². The summed E-state index contributed by atoms with van der Waals surface area (Å²) in [7, 11) is 0. The maximum absolute atomic E-state index is 2.45. The summed E-state index contributed by atoms with van der Waals surface area (Å²) in [5.74, 6) is 0. The van der Waals surface area contributed by atoms with Crippen LogP contribution in [-0.2, 0) is 5.41 Å². The summed E-state index contributed by atoms with van der Waals surface area (Å²) in [6, 6.07) is 36.3. The van der Waals surface area contributed by atoms with E-state index in [4.69, 9.17) is 0 Å². The molecule has 172 valence electrons. The molecule has 0 radical (unpaired) electrons. The summed E-state index contributed by atoms with van der Waals surface area (Å²) in [6.07, 6.45) is 0. The molecule has 2 aliphatic rings. The fraction of sp³-hybridized carbons (Fsp3) is 0.0909. The number of rotatable bonds is 1. The van der Waals surface area contributed by atoms with Gasteiger partial charge in [-0.2, -0.15) is 0 Å². The van der Waals surface area contributed by atoms with Crippen molar-refractivity contribution in [3.05, 3.63) is 108 Å². The van der Waals surface area contributed by atoms with Crippen molar-refractivity contribution < 1.29 is 0 Å². The van der Waals surface area contributed by atoms with E-state index in [0.29, 0.717) is 0 Å². The van der Waals surface area contributed by atoms with Crippen molar-refractivity contribution in [1.29, 1.82) is 0 Å². The molecule has 1 aromatic heterocycles. The molecule has 1 aliphatic heterocycles. The van der Waals surface area contributed by atoms with Crippen LogP contribution in [0.5, 0.6) is 0 Å². The van der Waals surface area contributed by atoms with E-state index < -0.39 is 0 Å². The molecule has 0 saturated carbocycles. The third kappa shape index (κ3) is 2.91. The average Bonchev–Trinajstić information content (AvgIpc) is 3.39. The molecule has 3 heteroatoms. The lowest BCUT2D eigenvalue weighted by molar-refractivity contribution is 0.642. The predicted octanol–water partition coefficient (Wildman–Crippen LogP) is 10.6. The highest BCUT2D eigenvalue weighted by molar-refractivity contribution is 8.05. The van der Waals surface area contributed by atoms with Crippen LogP contribution in [0.3, 0.4) is 0 Å². The molecule has 0 bridgehead atoms. The van der Waals surface area contributed by atoms with Crippen molar-refractivity contribution >= 4 is 55.0 Å². The Kier molecular flexibility index (Phi) is 4.41. The number of hydrogen-bond acceptors (Lipinski definition) is 3. The molecule has 0 atom stereocenters. The average molecular weight is 515 g/mol. The highest BCUT2D eigenvalue weighted by Crippen LogP contribution is 2.58. The number of benzene rings is 5. The van der Waals surface area contributed by atoms with Crippen molar-refractivity contribution in [2.24, 2.45) is 0 Å². The van der Waals surface area contributed by atoms with Crippen LogP contribution >= 0.6 is 34.9 Å². The van der Waals surface area contributed by atoms with Gasteiger partial charge in [-0.15, -0.1) is 11.3 Å². The number of hydrogen-bond donors (Lipinski definition) is 0. The van der Waals surface area contributed by atoms with Gasteiger partial charge in [0.1, 0.15) is 0 Å². The van der Waals surface area contributed by atoms with Gasteiger partial charge in [-0.05, 0) is 75.8 Å². The molecule has 2 heterocycles. The lowest BCUT2D eigenvalue weighted by atomic mass is 9.81. The van der Waals surface area contributed by atoms with Gasteiger partial charge in [-0.25, -0.2) is 0 Å². The van der Waals surface area contributed by atoms with E-state index in [0.717, 1.165) is 0 Å². The maximum Gasteiger partial charge on any atom is 0.0355 e. The third-order valence-electron chi connectivity index (χ3n) is 7.72. The first-order valence-electron chi connectivity index (χ1n) is 12.3. The van der Waals surface area contributed by atoms with E-state index in [-0.39, 0.29) is 5.41 Å². The molecule has 0 nitrogen and oxygen atoms in total. The number of fused-ring (bicyclic) bond motifs is 9. The first-order valence-corrected chi connectivity index (χ1v) is 14.7. The van der Waals surface area contributed by atoms with E-state index in [1.54, 1.807) is 0 Å². The minimum Gasteiger partial charge on any atom is -0.135 e. The summed E-state index contributed by atoms with van der Waals surface area (Å²) in [4.78, 5) is 5.55. The zero-order valence-corrected chi connectivity index (χ0v) is 22.4. The monoisotopic (exact) mass is 514 g/mol. The van der Waals surface area contributed by atoms with Crippen molar-refractivity contribution in [1.82, 2.24) is 0 Å². The highest BCUT2D eigenvalue weighted by atomic mass is 32.2. The van der Waals surface area contributed by atoms with Gasteiger partial charge in [0.05, 0.1) is 0 Å². The predicted molar refractivity (Wildman–Crippen MR) is 157 cm³/mol. The summed E-state index contributed by atoms with van der Waals surface area (Å²) in [5.41, 5.74) is 8.24. The molecule has 6 aromatic rings. The Bertz CT molecular complexity index is 1870. The molecule has 0 unspecified atom stereocenters. The second kappa shape index (κ2) is 7.52. The van der Waals surface area contributed by atoms with E-state index in [1.807, 2.05) is 34.9 Å². The summed E-state index contributed by atoms with van der Waals surface area (Å²) >= 11 is 5.74. The van der Waals surface area contributed by atoms with Crippen LogP contribution in [-0.4, -0.2) is 0 Å². The zero-order chi connectivity index (χ0) is 24.0. The Hall–Kier alpha value is -2.98. The Balaban J connectivity index is 1.27. The van der Waals surface area contributed by atoms with Crippen molar-refractivity contribution in [2.75, 3.05) is 0 Å². The summed E-state index contributed by atoms with van der Waals surface area (Å²) in [6.45, 7) is 4.81. The molecule has 0 spiro atoms. The smallest absolute Gasteiger partial charge is 0.0355 e. The van der Waals surface area contributed by atoms with E-state index in [2.05, 4.69) is 111 Å². The molecule has 0 N–H and O–H groups in total. The van der Waals surface area contributed by atoms with Gasteiger partial charge in [0.25, 0.3) is 0 Å². The van der Waals surface area contributed by atoms with Crippen LogP contribution < -0.4 is 0 Å². The van der Waals surface area contributed by atoms with Gasteiger partial charge in [-0.1, -0.05) is 92.0 Å². The van der Waals surface area contributed by atoms with Gasteiger partial charge < -0.3 is 0 Å². The Morgan fingerprint density at radius 3 is 2.14 bits per heavy atom.